The number of carboxylic acid groups (broad SMARTS) is 1. The Hall–Kier alpha value is -3.58. The number of allylic oxidation sites excluding steroid dienone is 10. The fraction of sp³-hybridized carbons (Fsp3) is 0.763. The van der Waals surface area contributed by atoms with Crippen LogP contribution in [0.4, 0.5) is 0 Å². The molecule has 0 aromatic heterocycles. The van der Waals surface area contributed by atoms with Crippen molar-refractivity contribution in [2.45, 2.75) is 276 Å². The van der Waals surface area contributed by atoms with Crippen LogP contribution >= 0.6 is 0 Å². The van der Waals surface area contributed by atoms with Gasteiger partial charge in [0.05, 0.1) is 6.61 Å². The van der Waals surface area contributed by atoms with E-state index in [9.17, 15) is 34.5 Å². The molecule has 6 unspecified atom stereocenters. The van der Waals surface area contributed by atoms with Gasteiger partial charge >= 0.3 is 23.9 Å². The zero-order chi connectivity index (χ0) is 51.8. The Labute approximate surface area is 430 Å². The summed E-state index contributed by atoms with van der Waals surface area (Å²) in [6.45, 7) is 5.82. The average molecular weight is 1000 g/mol. The number of carbonyl (C=O) groups is 4. The topological polar surface area (TPSA) is 175 Å². The predicted octanol–water partition coefficient (Wildman–Crippen LogP) is 14.0. The Kier molecular flexibility index (Phi) is 43.7. The van der Waals surface area contributed by atoms with Gasteiger partial charge in [-0.05, 0) is 83.5 Å². The molecule has 1 aliphatic heterocycles. The zero-order valence-electron chi connectivity index (χ0n) is 44.7. The lowest BCUT2D eigenvalue weighted by atomic mass is 9.98. The SMILES string of the molecule is CC/C=C\C/C=C\C/C=C\C/C=C\CCCCC(=O)OC1C(OCC(COC(=O)CCCCCCCCC/C=C\CCCCCCCC)OC(=O)CCCCCCCCCCC)OC(C(=O)O)C(O)C1O. The highest BCUT2D eigenvalue weighted by Crippen LogP contribution is 2.26. The second-order valence-electron chi connectivity index (χ2n) is 19.2. The van der Waals surface area contributed by atoms with Gasteiger partial charge in [-0.15, -0.1) is 0 Å². The van der Waals surface area contributed by atoms with Crippen LogP contribution in [0, 0.1) is 0 Å². The normalized spacial score (nSPS) is 18.9. The molecule has 71 heavy (non-hydrogen) atoms. The van der Waals surface area contributed by atoms with E-state index in [1.165, 1.54) is 96.3 Å². The third kappa shape index (κ3) is 37.8. The minimum absolute atomic E-state index is 0.00815. The second kappa shape index (κ2) is 47.4. The molecule has 0 radical (unpaired) electrons. The first-order chi connectivity index (χ1) is 34.6. The van der Waals surface area contributed by atoms with E-state index < -0.39 is 67.3 Å². The molecule has 408 valence electrons. The van der Waals surface area contributed by atoms with Gasteiger partial charge in [-0.3, -0.25) is 14.4 Å². The number of carboxylic acids is 1. The van der Waals surface area contributed by atoms with Gasteiger partial charge < -0.3 is 39.0 Å². The Bertz CT molecular complexity index is 1470. The first kappa shape index (κ1) is 65.4. The molecule has 12 nitrogen and oxygen atoms in total. The van der Waals surface area contributed by atoms with Crippen molar-refractivity contribution in [3.63, 3.8) is 0 Å². The molecule has 0 spiro atoms. The summed E-state index contributed by atoms with van der Waals surface area (Å²) in [7, 11) is 0. The van der Waals surface area contributed by atoms with Gasteiger partial charge in [0, 0.05) is 19.3 Å². The fourth-order valence-corrected chi connectivity index (χ4v) is 8.24. The van der Waals surface area contributed by atoms with Gasteiger partial charge in [-0.2, -0.15) is 0 Å². The summed E-state index contributed by atoms with van der Waals surface area (Å²) >= 11 is 0. The minimum Gasteiger partial charge on any atom is -0.479 e. The first-order valence-corrected chi connectivity index (χ1v) is 28.3. The molecule has 0 bridgehead atoms. The maximum absolute atomic E-state index is 13.0. The Morgan fingerprint density at radius 2 is 0.887 bits per heavy atom. The molecule has 0 aliphatic carbocycles. The molecule has 3 N–H and O–H groups in total. The van der Waals surface area contributed by atoms with Crippen LogP contribution in [0.1, 0.15) is 239 Å². The van der Waals surface area contributed by atoms with Crippen LogP contribution in [0.2, 0.25) is 0 Å². The van der Waals surface area contributed by atoms with Crippen LogP contribution in [0.5, 0.6) is 0 Å². The molecule has 0 aromatic rings. The average Bonchev–Trinajstić information content (AvgIpc) is 3.35. The van der Waals surface area contributed by atoms with E-state index in [4.69, 9.17) is 23.7 Å². The Balaban J connectivity index is 2.69. The van der Waals surface area contributed by atoms with Crippen LogP contribution in [-0.2, 0) is 42.9 Å². The lowest BCUT2D eigenvalue weighted by Crippen LogP contribution is -2.61. The molecular weight excluding hydrogens is 901 g/mol. The molecule has 0 amide bonds. The molecule has 1 rings (SSSR count). The Morgan fingerprint density at radius 1 is 0.479 bits per heavy atom. The van der Waals surface area contributed by atoms with Gasteiger partial charge in [0.25, 0.3) is 0 Å². The highest BCUT2D eigenvalue weighted by atomic mass is 16.7. The predicted molar refractivity (Wildman–Crippen MR) is 285 cm³/mol. The van der Waals surface area contributed by atoms with E-state index in [1.807, 2.05) is 0 Å². The zero-order valence-corrected chi connectivity index (χ0v) is 44.7. The molecule has 12 heteroatoms. The molecule has 1 saturated heterocycles. The standard InChI is InChI=1S/C59H100O12/c1-4-7-10-13-16-19-21-23-25-26-28-29-31-34-36-39-42-45-51(60)67-48-50(69-52(61)46-43-40-37-33-18-15-12-9-6-3)49-68-59-57(55(64)54(63)56(71-59)58(65)66)70-53(62)47-44-41-38-35-32-30-27-24-22-20-17-14-11-8-5-2/h8,11,17,20,23-25,27,32,35,50,54-57,59,63-64H,4-7,9-10,12-16,18-19,21-22,26,28-31,33-34,36-49H2,1-3H3,(H,65,66)/b11-8-,20-17-,25-23-,27-24-,35-32-. The van der Waals surface area contributed by atoms with Crippen LogP contribution in [0.3, 0.4) is 0 Å². The van der Waals surface area contributed by atoms with Crippen molar-refractivity contribution in [3.8, 4) is 0 Å². The number of rotatable bonds is 47. The van der Waals surface area contributed by atoms with Crippen molar-refractivity contribution < 1.29 is 58.2 Å². The molecular formula is C59H100O12. The van der Waals surface area contributed by atoms with Crippen LogP contribution in [0.15, 0.2) is 60.8 Å². The monoisotopic (exact) mass is 1000 g/mol. The Morgan fingerprint density at radius 3 is 1.39 bits per heavy atom. The van der Waals surface area contributed by atoms with Crippen LogP contribution in [0.25, 0.3) is 0 Å². The summed E-state index contributed by atoms with van der Waals surface area (Å²) in [5.41, 5.74) is 0. The number of ether oxygens (including phenoxy) is 5. The highest BCUT2D eigenvalue weighted by Gasteiger charge is 2.50. The molecule has 1 fully saturated rings. The molecule has 1 heterocycles. The maximum atomic E-state index is 13.0. The lowest BCUT2D eigenvalue weighted by molar-refractivity contribution is -0.301. The third-order valence-corrected chi connectivity index (χ3v) is 12.6. The van der Waals surface area contributed by atoms with Gasteiger partial charge in [-0.25, -0.2) is 4.79 Å². The van der Waals surface area contributed by atoms with Crippen molar-refractivity contribution in [3.05, 3.63) is 60.8 Å². The molecule has 0 aromatic carbocycles. The first-order valence-electron chi connectivity index (χ1n) is 28.3. The fourth-order valence-electron chi connectivity index (χ4n) is 8.24. The summed E-state index contributed by atoms with van der Waals surface area (Å²) < 4.78 is 28.3. The van der Waals surface area contributed by atoms with Crippen molar-refractivity contribution in [2.75, 3.05) is 13.2 Å². The van der Waals surface area contributed by atoms with Gasteiger partial charge in [0.2, 0.25) is 0 Å². The number of hydrogen-bond acceptors (Lipinski definition) is 11. The number of hydrogen-bond donors (Lipinski definition) is 3. The van der Waals surface area contributed by atoms with E-state index in [0.29, 0.717) is 25.7 Å². The lowest BCUT2D eigenvalue weighted by Gasteiger charge is -2.40. The van der Waals surface area contributed by atoms with Gasteiger partial charge in [-0.1, -0.05) is 197 Å². The van der Waals surface area contributed by atoms with Crippen molar-refractivity contribution in [2.24, 2.45) is 0 Å². The van der Waals surface area contributed by atoms with E-state index in [2.05, 4.69) is 81.5 Å². The van der Waals surface area contributed by atoms with E-state index in [1.54, 1.807) is 0 Å². The number of aliphatic hydroxyl groups is 2. The molecule has 6 atom stereocenters. The maximum Gasteiger partial charge on any atom is 0.335 e. The number of aliphatic carboxylic acids is 1. The number of carbonyl (C=O) groups excluding carboxylic acids is 3. The van der Waals surface area contributed by atoms with E-state index in [-0.39, 0.29) is 25.9 Å². The van der Waals surface area contributed by atoms with Crippen molar-refractivity contribution >= 4 is 23.9 Å². The van der Waals surface area contributed by atoms with E-state index in [0.717, 1.165) is 77.0 Å². The quantitative estimate of drug-likeness (QED) is 0.0228. The summed E-state index contributed by atoms with van der Waals surface area (Å²) in [5.74, 6) is -3.18. The van der Waals surface area contributed by atoms with Gasteiger partial charge in [0.1, 0.15) is 18.8 Å². The van der Waals surface area contributed by atoms with Crippen molar-refractivity contribution in [1.82, 2.24) is 0 Å². The second-order valence-corrected chi connectivity index (χ2v) is 19.2. The summed E-state index contributed by atoms with van der Waals surface area (Å²) in [4.78, 5) is 50.9. The minimum atomic E-state index is -1.92. The van der Waals surface area contributed by atoms with E-state index >= 15 is 0 Å². The number of aliphatic hydroxyl groups excluding tert-OH is 2. The van der Waals surface area contributed by atoms with Gasteiger partial charge in [0.15, 0.2) is 24.6 Å². The molecule has 1 aliphatic rings. The highest BCUT2D eigenvalue weighted by molar-refractivity contribution is 5.74. The summed E-state index contributed by atoms with van der Waals surface area (Å²) in [6.07, 6.45) is 45.0. The summed E-state index contributed by atoms with van der Waals surface area (Å²) in [5, 5.41) is 31.4. The number of esters is 3. The number of unbranched alkanes of at least 4 members (excludes halogenated alkanes) is 23. The van der Waals surface area contributed by atoms with Crippen LogP contribution in [-0.4, -0.2) is 89.2 Å². The summed E-state index contributed by atoms with van der Waals surface area (Å²) in [6, 6.07) is 0. The van der Waals surface area contributed by atoms with Crippen molar-refractivity contribution in [1.29, 1.82) is 0 Å². The smallest absolute Gasteiger partial charge is 0.335 e. The molecule has 0 saturated carbocycles. The third-order valence-electron chi connectivity index (χ3n) is 12.6. The largest absolute Gasteiger partial charge is 0.479 e. The van der Waals surface area contributed by atoms with Crippen LogP contribution < -0.4 is 0 Å².